The largest absolute Gasteiger partial charge is 0.320 e. The first kappa shape index (κ1) is 16.4. The van der Waals surface area contributed by atoms with Gasteiger partial charge in [-0.1, -0.05) is 35.5 Å². The standard InChI is InChI=1S/C19H20N6O/c1-13-18(23-24-25(13)16-8-9-20-12-16)19(26)22-15-7-10-21-17(11-15)14-5-3-2-4-6-14/h2-7,10-11,16,20H,8-9,12H2,1H3,(H,21,22,26). The normalized spacial score (nSPS) is 16.6. The number of hydrogen-bond acceptors (Lipinski definition) is 5. The van der Waals surface area contributed by atoms with E-state index in [-0.39, 0.29) is 11.9 Å². The summed E-state index contributed by atoms with van der Waals surface area (Å²) in [6.45, 7) is 3.70. The van der Waals surface area contributed by atoms with Crippen molar-refractivity contribution in [1.29, 1.82) is 0 Å². The van der Waals surface area contributed by atoms with Gasteiger partial charge in [0.05, 0.1) is 17.4 Å². The number of nitrogens with one attached hydrogen (secondary N) is 2. The summed E-state index contributed by atoms with van der Waals surface area (Å²) >= 11 is 0. The zero-order chi connectivity index (χ0) is 17.9. The fourth-order valence-electron chi connectivity index (χ4n) is 3.21. The molecule has 132 valence electrons. The molecule has 26 heavy (non-hydrogen) atoms. The van der Waals surface area contributed by atoms with Crippen LogP contribution in [0, 0.1) is 6.92 Å². The van der Waals surface area contributed by atoms with E-state index in [2.05, 4.69) is 25.9 Å². The molecule has 4 rings (SSSR count). The Labute approximate surface area is 151 Å². The highest BCUT2D eigenvalue weighted by molar-refractivity contribution is 6.03. The van der Waals surface area contributed by atoms with E-state index >= 15 is 0 Å². The van der Waals surface area contributed by atoms with Gasteiger partial charge in [-0.15, -0.1) is 5.10 Å². The second-order valence-electron chi connectivity index (χ2n) is 6.36. The zero-order valence-corrected chi connectivity index (χ0v) is 14.5. The molecule has 7 heteroatoms. The molecule has 0 spiro atoms. The van der Waals surface area contributed by atoms with Crippen molar-refractivity contribution in [3.8, 4) is 11.3 Å². The van der Waals surface area contributed by atoms with E-state index in [1.54, 1.807) is 12.3 Å². The predicted molar refractivity (Wildman–Crippen MR) is 98.9 cm³/mol. The van der Waals surface area contributed by atoms with E-state index in [0.29, 0.717) is 11.4 Å². The third kappa shape index (κ3) is 3.21. The number of carbonyl (C=O) groups excluding carboxylic acids is 1. The molecule has 0 saturated carbocycles. The summed E-state index contributed by atoms with van der Waals surface area (Å²) in [5.41, 5.74) is 3.63. The number of amides is 1. The highest BCUT2D eigenvalue weighted by Crippen LogP contribution is 2.21. The van der Waals surface area contributed by atoms with Crippen LogP contribution in [-0.2, 0) is 0 Å². The highest BCUT2D eigenvalue weighted by Gasteiger charge is 2.23. The van der Waals surface area contributed by atoms with Crippen LogP contribution in [0.1, 0.15) is 28.6 Å². The molecule has 1 aromatic carbocycles. The van der Waals surface area contributed by atoms with Crippen molar-refractivity contribution < 1.29 is 4.79 Å². The lowest BCUT2D eigenvalue weighted by Gasteiger charge is -2.10. The third-order valence-electron chi connectivity index (χ3n) is 4.61. The number of rotatable bonds is 4. The minimum absolute atomic E-state index is 0.259. The molecule has 1 atom stereocenters. The summed E-state index contributed by atoms with van der Waals surface area (Å²) in [5.74, 6) is -0.259. The molecule has 1 saturated heterocycles. The molecular weight excluding hydrogens is 328 g/mol. The van der Waals surface area contributed by atoms with Gasteiger partial charge in [0.2, 0.25) is 0 Å². The van der Waals surface area contributed by atoms with Crippen LogP contribution in [0.3, 0.4) is 0 Å². The summed E-state index contributed by atoms with van der Waals surface area (Å²) < 4.78 is 1.84. The second-order valence-corrected chi connectivity index (χ2v) is 6.36. The molecule has 0 aliphatic carbocycles. The minimum atomic E-state index is -0.259. The smallest absolute Gasteiger partial charge is 0.278 e. The number of carbonyl (C=O) groups is 1. The van der Waals surface area contributed by atoms with E-state index < -0.39 is 0 Å². The summed E-state index contributed by atoms with van der Waals surface area (Å²) in [6, 6.07) is 13.7. The molecule has 3 heterocycles. The van der Waals surface area contributed by atoms with Crippen LogP contribution < -0.4 is 10.6 Å². The molecule has 3 aromatic rings. The number of pyridine rings is 1. The van der Waals surface area contributed by atoms with E-state index in [1.165, 1.54) is 0 Å². The lowest BCUT2D eigenvalue weighted by molar-refractivity contribution is 0.102. The van der Waals surface area contributed by atoms with Crippen LogP contribution in [0.15, 0.2) is 48.7 Å². The fraction of sp³-hybridized carbons (Fsp3) is 0.263. The van der Waals surface area contributed by atoms with Crippen LogP contribution >= 0.6 is 0 Å². The van der Waals surface area contributed by atoms with Crippen LogP contribution in [-0.4, -0.2) is 39.0 Å². The molecule has 0 radical (unpaired) electrons. The first-order valence-corrected chi connectivity index (χ1v) is 8.67. The van der Waals surface area contributed by atoms with Crippen molar-refractivity contribution in [2.75, 3.05) is 18.4 Å². The van der Waals surface area contributed by atoms with Gasteiger partial charge in [0.1, 0.15) is 0 Å². The lowest BCUT2D eigenvalue weighted by atomic mass is 10.1. The van der Waals surface area contributed by atoms with Gasteiger partial charge in [-0.25, -0.2) is 4.68 Å². The van der Waals surface area contributed by atoms with Gasteiger partial charge in [0.25, 0.3) is 5.91 Å². The highest BCUT2D eigenvalue weighted by atomic mass is 16.2. The maximum atomic E-state index is 12.6. The average molecular weight is 348 g/mol. The molecular formula is C19H20N6O. The number of nitrogens with zero attached hydrogens (tertiary/aromatic N) is 4. The summed E-state index contributed by atoms with van der Waals surface area (Å²) in [5, 5.41) is 14.5. The monoisotopic (exact) mass is 348 g/mol. The van der Waals surface area contributed by atoms with E-state index in [0.717, 1.165) is 36.5 Å². The number of hydrogen-bond donors (Lipinski definition) is 2. The summed E-state index contributed by atoms with van der Waals surface area (Å²) in [7, 11) is 0. The second kappa shape index (κ2) is 7.05. The van der Waals surface area contributed by atoms with Crippen LogP contribution in [0.2, 0.25) is 0 Å². The fourth-order valence-corrected chi connectivity index (χ4v) is 3.21. The molecule has 2 aromatic heterocycles. The Morgan fingerprint density at radius 3 is 2.88 bits per heavy atom. The van der Waals surface area contributed by atoms with E-state index in [9.17, 15) is 4.79 Å². The Morgan fingerprint density at radius 1 is 1.27 bits per heavy atom. The molecule has 0 bridgehead atoms. The van der Waals surface area contributed by atoms with Gasteiger partial charge in [-0.2, -0.15) is 0 Å². The quantitative estimate of drug-likeness (QED) is 0.756. The molecule has 1 unspecified atom stereocenters. The molecule has 7 nitrogen and oxygen atoms in total. The van der Waals surface area contributed by atoms with Gasteiger partial charge in [0, 0.05) is 24.0 Å². The van der Waals surface area contributed by atoms with Crippen molar-refractivity contribution in [1.82, 2.24) is 25.3 Å². The average Bonchev–Trinajstić information content (AvgIpc) is 3.32. The van der Waals surface area contributed by atoms with Gasteiger partial charge in [-0.3, -0.25) is 9.78 Å². The Hall–Kier alpha value is -3.06. The Bertz CT molecular complexity index is 915. The van der Waals surface area contributed by atoms with Crippen LogP contribution in [0.4, 0.5) is 5.69 Å². The van der Waals surface area contributed by atoms with E-state index in [1.807, 2.05) is 48.0 Å². The summed E-state index contributed by atoms with van der Waals surface area (Å²) in [6.07, 6.45) is 2.68. The zero-order valence-electron chi connectivity index (χ0n) is 14.5. The molecule has 1 aliphatic rings. The first-order chi connectivity index (χ1) is 12.7. The third-order valence-corrected chi connectivity index (χ3v) is 4.61. The lowest BCUT2D eigenvalue weighted by Crippen LogP contribution is -2.17. The SMILES string of the molecule is Cc1c(C(=O)Nc2ccnc(-c3ccccc3)c2)nnn1C1CCNC1. The predicted octanol–water partition coefficient (Wildman–Crippen LogP) is 2.44. The van der Waals surface area contributed by atoms with Gasteiger partial charge < -0.3 is 10.6 Å². The Balaban J connectivity index is 1.54. The number of anilines is 1. The minimum Gasteiger partial charge on any atom is -0.320 e. The topological polar surface area (TPSA) is 84.7 Å². The Morgan fingerprint density at radius 2 is 2.12 bits per heavy atom. The van der Waals surface area contributed by atoms with Gasteiger partial charge >= 0.3 is 0 Å². The van der Waals surface area contributed by atoms with Crippen molar-refractivity contribution in [3.63, 3.8) is 0 Å². The number of aromatic nitrogens is 4. The van der Waals surface area contributed by atoms with Crippen molar-refractivity contribution in [2.45, 2.75) is 19.4 Å². The molecule has 1 fully saturated rings. The van der Waals surface area contributed by atoms with Crippen molar-refractivity contribution in [2.24, 2.45) is 0 Å². The molecule has 1 aliphatic heterocycles. The molecule has 1 amide bonds. The van der Waals surface area contributed by atoms with Crippen LogP contribution in [0.25, 0.3) is 11.3 Å². The summed E-state index contributed by atoms with van der Waals surface area (Å²) in [4.78, 5) is 17.0. The maximum Gasteiger partial charge on any atom is 0.278 e. The number of benzene rings is 1. The molecule has 2 N–H and O–H groups in total. The van der Waals surface area contributed by atoms with Crippen molar-refractivity contribution >= 4 is 11.6 Å². The van der Waals surface area contributed by atoms with Crippen molar-refractivity contribution in [3.05, 3.63) is 60.0 Å². The maximum absolute atomic E-state index is 12.6. The van der Waals surface area contributed by atoms with E-state index in [4.69, 9.17) is 0 Å². The van der Waals surface area contributed by atoms with Crippen LogP contribution in [0.5, 0.6) is 0 Å². The van der Waals surface area contributed by atoms with Gasteiger partial charge in [0.15, 0.2) is 5.69 Å². The Kier molecular flexibility index (Phi) is 4.45. The van der Waals surface area contributed by atoms with Gasteiger partial charge in [-0.05, 0) is 32.0 Å². The first-order valence-electron chi connectivity index (χ1n) is 8.67.